The van der Waals surface area contributed by atoms with Gasteiger partial charge in [0.2, 0.25) is 0 Å². The van der Waals surface area contributed by atoms with E-state index in [1.807, 2.05) is 23.9 Å². The maximum atomic E-state index is 6.26. The highest BCUT2D eigenvalue weighted by atomic mass is 35.5. The van der Waals surface area contributed by atoms with Crippen LogP contribution in [0.5, 0.6) is 5.75 Å². The Labute approximate surface area is 134 Å². The van der Waals surface area contributed by atoms with Gasteiger partial charge in [0.15, 0.2) is 0 Å². The van der Waals surface area contributed by atoms with Gasteiger partial charge in [0.25, 0.3) is 0 Å². The molecule has 1 heterocycles. The third-order valence-electron chi connectivity index (χ3n) is 4.96. The van der Waals surface area contributed by atoms with Crippen LogP contribution in [-0.2, 0) is 4.75 Å². The van der Waals surface area contributed by atoms with E-state index in [9.17, 15) is 0 Å². The van der Waals surface area contributed by atoms with Gasteiger partial charge < -0.3 is 4.74 Å². The van der Waals surface area contributed by atoms with Crippen molar-refractivity contribution in [3.63, 3.8) is 0 Å². The zero-order chi connectivity index (χ0) is 14.5. The van der Waals surface area contributed by atoms with Gasteiger partial charge in [-0.05, 0) is 43.2 Å². The maximum absolute atomic E-state index is 6.26. The Bertz CT molecular complexity index is 687. The molecular formula is C18H17ClOS. The van der Waals surface area contributed by atoms with E-state index in [1.54, 1.807) is 0 Å². The van der Waals surface area contributed by atoms with Gasteiger partial charge in [0.05, 0.1) is 11.4 Å². The van der Waals surface area contributed by atoms with Crippen LogP contribution in [0.15, 0.2) is 53.4 Å². The van der Waals surface area contributed by atoms with Crippen molar-refractivity contribution in [2.45, 2.75) is 29.4 Å². The summed E-state index contributed by atoms with van der Waals surface area (Å²) in [6.07, 6.45) is 2.39. The van der Waals surface area contributed by atoms with Crippen molar-refractivity contribution in [2.75, 3.05) is 6.61 Å². The normalized spacial score (nSPS) is 29.8. The zero-order valence-corrected chi connectivity index (χ0v) is 13.5. The Morgan fingerprint density at radius 3 is 2.62 bits per heavy atom. The second kappa shape index (κ2) is 4.69. The molecule has 2 unspecified atom stereocenters. The van der Waals surface area contributed by atoms with Crippen LogP contribution in [-0.4, -0.2) is 6.61 Å². The highest BCUT2D eigenvalue weighted by Gasteiger charge is 2.61. The summed E-state index contributed by atoms with van der Waals surface area (Å²) in [7, 11) is 0. The smallest absolute Gasteiger partial charge is 0.124 e. The predicted octanol–water partition coefficient (Wildman–Crippen LogP) is 5.52. The Morgan fingerprint density at radius 1 is 1.10 bits per heavy atom. The summed E-state index contributed by atoms with van der Waals surface area (Å²) in [5.74, 6) is 1.00. The van der Waals surface area contributed by atoms with Crippen molar-refractivity contribution < 1.29 is 4.74 Å². The molecule has 0 spiro atoms. The Hall–Kier alpha value is -1.12. The summed E-state index contributed by atoms with van der Waals surface area (Å²) in [6.45, 7) is 3.14. The van der Waals surface area contributed by atoms with Crippen LogP contribution in [0.4, 0.5) is 0 Å². The van der Waals surface area contributed by atoms with Crippen LogP contribution in [0.25, 0.3) is 0 Å². The molecule has 2 aromatic carbocycles. The molecule has 21 heavy (non-hydrogen) atoms. The van der Waals surface area contributed by atoms with E-state index in [2.05, 4.69) is 43.3 Å². The fourth-order valence-electron chi connectivity index (χ4n) is 3.53. The first-order valence-electron chi connectivity index (χ1n) is 7.30. The molecule has 0 aromatic heterocycles. The SMILES string of the molecule is CC12CCC1(Sc1ccccc1)c1cc(Cl)ccc1OC2. The minimum atomic E-state index is 0.0901. The highest BCUT2D eigenvalue weighted by Crippen LogP contribution is 2.69. The third kappa shape index (κ3) is 1.92. The molecule has 0 bridgehead atoms. The first kappa shape index (κ1) is 13.5. The van der Waals surface area contributed by atoms with Gasteiger partial charge in [-0.25, -0.2) is 0 Å². The van der Waals surface area contributed by atoms with E-state index in [0.29, 0.717) is 0 Å². The first-order valence-corrected chi connectivity index (χ1v) is 8.49. The molecule has 0 radical (unpaired) electrons. The Kier molecular flexibility index (Phi) is 3.02. The lowest BCUT2D eigenvalue weighted by molar-refractivity contribution is 0.00181. The first-order chi connectivity index (χ1) is 10.1. The quantitative estimate of drug-likeness (QED) is 0.721. The molecule has 1 aliphatic heterocycles. The number of thioether (sulfide) groups is 1. The molecule has 108 valence electrons. The second-order valence-corrected chi connectivity index (χ2v) is 8.04. The van der Waals surface area contributed by atoms with E-state index in [0.717, 1.165) is 17.4 Å². The van der Waals surface area contributed by atoms with Gasteiger partial charge in [-0.2, -0.15) is 0 Å². The molecule has 0 N–H and O–H groups in total. The average molecular weight is 317 g/mol. The van der Waals surface area contributed by atoms with E-state index in [1.165, 1.54) is 23.3 Å². The molecular weight excluding hydrogens is 300 g/mol. The van der Waals surface area contributed by atoms with Crippen molar-refractivity contribution in [1.29, 1.82) is 0 Å². The molecule has 4 rings (SSSR count). The zero-order valence-electron chi connectivity index (χ0n) is 11.9. The van der Waals surface area contributed by atoms with Crippen LogP contribution in [0.1, 0.15) is 25.3 Å². The highest BCUT2D eigenvalue weighted by molar-refractivity contribution is 8.00. The molecule has 0 amide bonds. The second-order valence-electron chi connectivity index (χ2n) is 6.23. The molecule has 1 aliphatic carbocycles. The molecule has 3 heteroatoms. The molecule has 2 atom stereocenters. The van der Waals surface area contributed by atoms with E-state index in [4.69, 9.17) is 16.3 Å². The van der Waals surface area contributed by atoms with Gasteiger partial charge in [-0.1, -0.05) is 36.7 Å². The van der Waals surface area contributed by atoms with Crippen LogP contribution in [0, 0.1) is 5.41 Å². The number of benzene rings is 2. The molecule has 1 saturated carbocycles. The molecule has 2 aromatic rings. The van der Waals surface area contributed by atoms with Gasteiger partial charge in [0, 0.05) is 20.9 Å². The van der Waals surface area contributed by atoms with Crippen molar-refractivity contribution >= 4 is 23.4 Å². The summed E-state index contributed by atoms with van der Waals surface area (Å²) in [5.41, 5.74) is 1.45. The van der Waals surface area contributed by atoms with Crippen LogP contribution in [0.3, 0.4) is 0 Å². The Morgan fingerprint density at radius 2 is 1.90 bits per heavy atom. The minimum absolute atomic E-state index is 0.0901. The number of rotatable bonds is 2. The van der Waals surface area contributed by atoms with Gasteiger partial charge in [-0.3, -0.25) is 0 Å². The number of hydrogen-bond acceptors (Lipinski definition) is 2. The summed E-state index contributed by atoms with van der Waals surface area (Å²) in [6, 6.07) is 16.7. The van der Waals surface area contributed by atoms with Crippen molar-refractivity contribution in [1.82, 2.24) is 0 Å². The van der Waals surface area contributed by atoms with Crippen LogP contribution in [0.2, 0.25) is 5.02 Å². The van der Waals surface area contributed by atoms with Crippen molar-refractivity contribution in [3.05, 3.63) is 59.1 Å². The van der Waals surface area contributed by atoms with Crippen molar-refractivity contribution in [3.8, 4) is 5.75 Å². The molecule has 2 aliphatic rings. The number of hydrogen-bond donors (Lipinski definition) is 0. The molecule has 0 saturated heterocycles. The van der Waals surface area contributed by atoms with Crippen LogP contribution >= 0.6 is 23.4 Å². The fourth-order valence-corrected chi connectivity index (χ4v) is 5.28. The van der Waals surface area contributed by atoms with Gasteiger partial charge >= 0.3 is 0 Å². The number of fused-ring (bicyclic) bond motifs is 3. The van der Waals surface area contributed by atoms with Gasteiger partial charge in [0.1, 0.15) is 5.75 Å². The topological polar surface area (TPSA) is 9.23 Å². The lowest BCUT2D eigenvalue weighted by Crippen LogP contribution is -2.56. The fraction of sp³-hybridized carbons (Fsp3) is 0.333. The van der Waals surface area contributed by atoms with E-state index in [-0.39, 0.29) is 10.2 Å². The summed E-state index contributed by atoms with van der Waals surface area (Å²) < 4.78 is 6.10. The Balaban J connectivity index is 1.84. The number of ether oxygens (including phenoxy) is 1. The monoisotopic (exact) mass is 316 g/mol. The van der Waals surface area contributed by atoms with E-state index >= 15 is 0 Å². The molecule has 1 fully saturated rings. The molecule has 1 nitrogen and oxygen atoms in total. The van der Waals surface area contributed by atoms with Crippen LogP contribution < -0.4 is 4.74 Å². The standard InChI is InChI=1S/C18H17ClOS/c1-17-9-10-18(17,21-14-5-3-2-4-6-14)15-11-13(19)7-8-16(15)20-12-17/h2-8,11H,9-10,12H2,1H3. The van der Waals surface area contributed by atoms with Gasteiger partial charge in [-0.15, -0.1) is 11.8 Å². The number of halogens is 1. The average Bonchev–Trinajstić information content (AvgIpc) is 2.50. The summed E-state index contributed by atoms with van der Waals surface area (Å²) in [4.78, 5) is 1.32. The third-order valence-corrected chi connectivity index (χ3v) is 6.97. The summed E-state index contributed by atoms with van der Waals surface area (Å²) in [5, 5.41) is 0.793. The largest absolute Gasteiger partial charge is 0.493 e. The maximum Gasteiger partial charge on any atom is 0.124 e. The lowest BCUT2D eigenvalue weighted by atomic mass is 9.57. The summed E-state index contributed by atoms with van der Waals surface area (Å²) >= 11 is 8.23. The van der Waals surface area contributed by atoms with Crippen molar-refractivity contribution in [2.24, 2.45) is 5.41 Å². The predicted molar refractivity (Wildman–Crippen MR) is 88.3 cm³/mol. The van der Waals surface area contributed by atoms with E-state index < -0.39 is 0 Å². The minimum Gasteiger partial charge on any atom is -0.493 e. The lowest BCUT2D eigenvalue weighted by Gasteiger charge is -2.60.